The predicted octanol–water partition coefficient (Wildman–Crippen LogP) is 6.21. The quantitative estimate of drug-likeness (QED) is 0.298. The molecule has 0 saturated carbocycles. The fourth-order valence-corrected chi connectivity index (χ4v) is 5.01. The second kappa shape index (κ2) is 8.76. The molecule has 0 fully saturated rings. The molecule has 0 aliphatic carbocycles. The van der Waals surface area contributed by atoms with E-state index in [-0.39, 0.29) is 5.91 Å². The van der Waals surface area contributed by atoms with E-state index >= 15 is 0 Å². The highest BCUT2D eigenvalue weighted by Gasteiger charge is 2.15. The maximum absolute atomic E-state index is 12.6. The SMILES string of the molecule is CC(C)c1ccccc1NC(=O)CSc1ncnc2scc(-c3ccccc3)c12. The van der Waals surface area contributed by atoms with Gasteiger partial charge in [0.05, 0.1) is 11.1 Å². The van der Waals surface area contributed by atoms with E-state index in [4.69, 9.17) is 0 Å². The Kier molecular flexibility index (Phi) is 5.92. The number of rotatable bonds is 6. The Morgan fingerprint density at radius 2 is 1.83 bits per heavy atom. The number of hydrogen-bond acceptors (Lipinski definition) is 5. The van der Waals surface area contributed by atoms with E-state index in [9.17, 15) is 4.79 Å². The van der Waals surface area contributed by atoms with Gasteiger partial charge in [-0.1, -0.05) is 74.1 Å². The summed E-state index contributed by atoms with van der Waals surface area (Å²) in [5, 5.41) is 7.01. The number of nitrogens with zero attached hydrogens (tertiary/aromatic N) is 2. The van der Waals surface area contributed by atoms with Gasteiger partial charge in [0, 0.05) is 16.6 Å². The van der Waals surface area contributed by atoms with Crippen LogP contribution in [0.4, 0.5) is 5.69 Å². The fourth-order valence-electron chi connectivity index (χ4n) is 3.22. The molecule has 2 heterocycles. The lowest BCUT2D eigenvalue weighted by Crippen LogP contribution is -2.15. The molecule has 4 nitrogen and oxygen atoms in total. The fraction of sp³-hybridized carbons (Fsp3) is 0.174. The first-order valence-electron chi connectivity index (χ1n) is 9.42. The molecule has 1 amide bonds. The highest BCUT2D eigenvalue weighted by Crippen LogP contribution is 2.37. The number of aromatic nitrogens is 2. The minimum atomic E-state index is -0.0358. The third kappa shape index (κ3) is 4.33. The number of anilines is 1. The molecule has 0 saturated heterocycles. The van der Waals surface area contributed by atoms with Crippen molar-refractivity contribution in [3.63, 3.8) is 0 Å². The van der Waals surface area contributed by atoms with Crippen molar-refractivity contribution in [3.05, 3.63) is 71.9 Å². The number of amides is 1. The van der Waals surface area contributed by atoms with Crippen LogP contribution in [0.5, 0.6) is 0 Å². The van der Waals surface area contributed by atoms with Gasteiger partial charge >= 0.3 is 0 Å². The summed E-state index contributed by atoms with van der Waals surface area (Å²) in [4.78, 5) is 22.4. The number of fused-ring (bicyclic) bond motifs is 1. The Balaban J connectivity index is 1.55. The standard InChI is InChI=1S/C23H21N3OS2/c1-15(2)17-10-6-7-11-19(17)26-20(27)13-29-23-21-18(16-8-4-3-5-9-16)12-28-22(21)24-14-25-23/h3-12,14-15H,13H2,1-2H3,(H,26,27). The van der Waals surface area contributed by atoms with Crippen LogP contribution in [0.25, 0.3) is 21.3 Å². The lowest BCUT2D eigenvalue weighted by atomic mass is 10.0. The summed E-state index contributed by atoms with van der Waals surface area (Å²) in [5.41, 5.74) is 4.26. The molecule has 0 radical (unpaired) electrons. The van der Waals surface area contributed by atoms with Crippen molar-refractivity contribution < 1.29 is 4.79 Å². The Morgan fingerprint density at radius 1 is 1.07 bits per heavy atom. The van der Waals surface area contributed by atoms with Crippen molar-refractivity contribution in [1.29, 1.82) is 0 Å². The number of thiophene rings is 1. The summed E-state index contributed by atoms with van der Waals surface area (Å²) < 4.78 is 0. The maximum Gasteiger partial charge on any atom is 0.234 e. The van der Waals surface area contributed by atoms with Gasteiger partial charge in [0.1, 0.15) is 16.2 Å². The van der Waals surface area contributed by atoms with Gasteiger partial charge in [-0.2, -0.15) is 0 Å². The number of hydrogen-bond donors (Lipinski definition) is 1. The molecule has 0 atom stereocenters. The molecule has 4 aromatic rings. The van der Waals surface area contributed by atoms with E-state index in [1.54, 1.807) is 17.7 Å². The molecular formula is C23H21N3OS2. The van der Waals surface area contributed by atoms with Gasteiger partial charge < -0.3 is 5.32 Å². The molecule has 0 bridgehead atoms. The predicted molar refractivity (Wildman–Crippen MR) is 123 cm³/mol. The van der Waals surface area contributed by atoms with Crippen molar-refractivity contribution >= 4 is 44.9 Å². The summed E-state index contributed by atoms with van der Waals surface area (Å²) in [5.74, 6) is 0.606. The average molecular weight is 420 g/mol. The van der Waals surface area contributed by atoms with Crippen LogP contribution in [0.15, 0.2) is 71.3 Å². The molecule has 2 aromatic carbocycles. The Hall–Kier alpha value is -2.70. The smallest absolute Gasteiger partial charge is 0.234 e. The van der Waals surface area contributed by atoms with Crippen molar-refractivity contribution in [3.8, 4) is 11.1 Å². The largest absolute Gasteiger partial charge is 0.325 e. The molecule has 0 unspecified atom stereocenters. The molecule has 1 N–H and O–H groups in total. The highest BCUT2D eigenvalue weighted by atomic mass is 32.2. The first-order chi connectivity index (χ1) is 14.1. The van der Waals surface area contributed by atoms with Crippen LogP contribution < -0.4 is 5.32 Å². The van der Waals surface area contributed by atoms with E-state index in [0.717, 1.165) is 37.6 Å². The minimum absolute atomic E-state index is 0.0358. The zero-order valence-electron chi connectivity index (χ0n) is 16.3. The van der Waals surface area contributed by atoms with E-state index in [1.807, 2.05) is 36.4 Å². The van der Waals surface area contributed by atoms with Crippen LogP contribution >= 0.6 is 23.1 Å². The van der Waals surface area contributed by atoms with Crippen molar-refractivity contribution in [2.75, 3.05) is 11.1 Å². The first kappa shape index (κ1) is 19.6. The molecule has 29 heavy (non-hydrogen) atoms. The Labute approximate surface area is 178 Å². The summed E-state index contributed by atoms with van der Waals surface area (Å²) in [6.45, 7) is 4.25. The van der Waals surface area contributed by atoms with E-state index < -0.39 is 0 Å². The third-order valence-corrected chi connectivity index (χ3v) is 6.49. The third-order valence-electron chi connectivity index (χ3n) is 4.62. The second-order valence-corrected chi connectivity index (χ2v) is 8.78. The van der Waals surface area contributed by atoms with Crippen molar-refractivity contribution in [2.24, 2.45) is 0 Å². The number of benzene rings is 2. The van der Waals surface area contributed by atoms with Gasteiger partial charge in [-0.15, -0.1) is 11.3 Å². The summed E-state index contributed by atoms with van der Waals surface area (Å²) in [7, 11) is 0. The van der Waals surface area contributed by atoms with Crippen molar-refractivity contribution in [2.45, 2.75) is 24.8 Å². The van der Waals surface area contributed by atoms with Gasteiger partial charge in [-0.05, 0) is 23.1 Å². The first-order valence-corrected chi connectivity index (χ1v) is 11.3. The number of para-hydroxylation sites is 1. The number of carbonyl (C=O) groups is 1. The van der Waals surface area contributed by atoms with Gasteiger partial charge in [0.15, 0.2) is 0 Å². The van der Waals surface area contributed by atoms with Gasteiger partial charge in [-0.3, -0.25) is 4.79 Å². The molecule has 6 heteroatoms. The molecule has 4 rings (SSSR count). The van der Waals surface area contributed by atoms with Crippen LogP contribution in [-0.2, 0) is 4.79 Å². The zero-order valence-corrected chi connectivity index (χ0v) is 17.9. The van der Waals surface area contributed by atoms with Gasteiger partial charge in [-0.25, -0.2) is 9.97 Å². The van der Waals surface area contributed by atoms with E-state index in [0.29, 0.717) is 11.7 Å². The molecule has 0 aliphatic rings. The summed E-state index contributed by atoms with van der Waals surface area (Å²) in [6.07, 6.45) is 1.57. The monoisotopic (exact) mass is 419 g/mol. The van der Waals surface area contributed by atoms with E-state index in [1.165, 1.54) is 11.8 Å². The van der Waals surface area contributed by atoms with Gasteiger partial charge in [0.25, 0.3) is 0 Å². The molecule has 0 aliphatic heterocycles. The summed E-state index contributed by atoms with van der Waals surface area (Å²) in [6, 6.07) is 18.2. The molecule has 0 spiro atoms. The Morgan fingerprint density at radius 3 is 2.62 bits per heavy atom. The number of nitrogens with one attached hydrogen (secondary N) is 1. The highest BCUT2D eigenvalue weighted by molar-refractivity contribution is 8.00. The van der Waals surface area contributed by atoms with E-state index in [2.05, 4.69) is 52.7 Å². The minimum Gasteiger partial charge on any atom is -0.325 e. The van der Waals surface area contributed by atoms with Crippen molar-refractivity contribution in [1.82, 2.24) is 9.97 Å². The second-order valence-electron chi connectivity index (χ2n) is 6.95. The summed E-state index contributed by atoms with van der Waals surface area (Å²) >= 11 is 3.05. The normalized spacial score (nSPS) is 11.1. The molecule has 2 aromatic heterocycles. The lowest BCUT2D eigenvalue weighted by Gasteiger charge is -2.13. The lowest BCUT2D eigenvalue weighted by molar-refractivity contribution is -0.113. The average Bonchev–Trinajstić information content (AvgIpc) is 3.18. The Bertz CT molecular complexity index is 1140. The van der Waals surface area contributed by atoms with Crippen LogP contribution in [-0.4, -0.2) is 21.6 Å². The maximum atomic E-state index is 12.6. The molecule has 146 valence electrons. The number of thioether (sulfide) groups is 1. The zero-order chi connectivity index (χ0) is 20.2. The van der Waals surface area contributed by atoms with Crippen LogP contribution in [0, 0.1) is 0 Å². The van der Waals surface area contributed by atoms with Gasteiger partial charge in [0.2, 0.25) is 5.91 Å². The van der Waals surface area contributed by atoms with Crippen LogP contribution in [0.1, 0.15) is 25.3 Å². The topological polar surface area (TPSA) is 54.9 Å². The van der Waals surface area contributed by atoms with Crippen LogP contribution in [0.3, 0.4) is 0 Å². The number of carbonyl (C=O) groups excluding carboxylic acids is 1. The van der Waals surface area contributed by atoms with Crippen LogP contribution in [0.2, 0.25) is 0 Å². The molecular weight excluding hydrogens is 398 g/mol.